The van der Waals surface area contributed by atoms with Gasteiger partial charge < -0.3 is 4.74 Å². The van der Waals surface area contributed by atoms with E-state index in [-0.39, 0.29) is 18.0 Å². The molecule has 1 aromatic carbocycles. The number of cyclic esters (lactones) is 1. The number of rotatable bonds is 3. The van der Waals surface area contributed by atoms with Crippen LogP contribution in [0.3, 0.4) is 0 Å². The van der Waals surface area contributed by atoms with Crippen molar-refractivity contribution in [2.45, 2.75) is 13.0 Å². The molecule has 0 spiro atoms. The fraction of sp³-hybridized carbons (Fsp3) is 0.214. The van der Waals surface area contributed by atoms with Gasteiger partial charge in [0.25, 0.3) is 0 Å². The number of hydrogen-bond acceptors (Lipinski definition) is 2. The Bertz CT molecular complexity index is 460. The molecule has 2 rings (SSSR count). The Morgan fingerprint density at radius 2 is 2.06 bits per heavy atom. The lowest BCUT2D eigenvalue weighted by molar-refractivity contribution is -0.139. The van der Waals surface area contributed by atoms with Crippen LogP contribution in [0.25, 0.3) is 6.08 Å². The second-order valence-electron chi connectivity index (χ2n) is 4.03. The normalized spacial score (nSPS) is 20.8. The Morgan fingerprint density at radius 3 is 2.65 bits per heavy atom. The van der Waals surface area contributed by atoms with E-state index in [0.717, 1.165) is 10.6 Å². The number of esters is 1. The maximum Gasteiger partial charge on any atom is 0.331 e. The molecule has 3 heteroatoms. The molecule has 0 saturated heterocycles. The zero-order chi connectivity index (χ0) is 12.3. The Labute approximate surface area is 106 Å². The van der Waals surface area contributed by atoms with E-state index in [9.17, 15) is 4.79 Å². The third kappa shape index (κ3) is 3.21. The van der Waals surface area contributed by atoms with Crippen LogP contribution >= 0.6 is 11.6 Å². The van der Waals surface area contributed by atoms with Gasteiger partial charge in [-0.2, -0.15) is 0 Å². The van der Waals surface area contributed by atoms with Gasteiger partial charge in [-0.15, -0.1) is 0 Å². The number of carbonyl (C=O) groups is 1. The largest absolute Gasteiger partial charge is 0.454 e. The summed E-state index contributed by atoms with van der Waals surface area (Å²) in [5.41, 5.74) is 1.08. The van der Waals surface area contributed by atoms with Gasteiger partial charge in [0.05, 0.1) is 0 Å². The second kappa shape index (κ2) is 5.19. The van der Waals surface area contributed by atoms with Crippen LogP contribution < -0.4 is 0 Å². The van der Waals surface area contributed by atoms with Crippen LogP contribution in [0.5, 0.6) is 0 Å². The molecule has 1 aliphatic rings. The molecule has 2 atom stereocenters. The maximum absolute atomic E-state index is 10.9. The number of carbonyl (C=O) groups excluding carboxylic acids is 1. The van der Waals surface area contributed by atoms with Crippen LogP contribution in [0.1, 0.15) is 12.5 Å². The molecule has 2 nitrogen and oxygen atoms in total. The highest BCUT2D eigenvalue weighted by atomic mass is 35.5. The van der Waals surface area contributed by atoms with E-state index in [1.165, 1.54) is 6.08 Å². The summed E-state index contributed by atoms with van der Waals surface area (Å²) in [4.78, 5) is 10.9. The summed E-state index contributed by atoms with van der Waals surface area (Å²) in [5.74, 6) is -0.102. The van der Waals surface area contributed by atoms with Crippen molar-refractivity contribution in [2.75, 3.05) is 0 Å². The second-order valence-corrected chi connectivity index (χ2v) is 4.47. The minimum Gasteiger partial charge on any atom is -0.454 e. The van der Waals surface area contributed by atoms with Crippen molar-refractivity contribution in [3.05, 3.63) is 53.1 Å². The summed E-state index contributed by atoms with van der Waals surface area (Å²) in [7, 11) is 0. The third-order valence-corrected chi connectivity index (χ3v) is 2.91. The topological polar surface area (TPSA) is 26.3 Å². The summed E-state index contributed by atoms with van der Waals surface area (Å²) in [6.45, 7) is 2.01. The maximum atomic E-state index is 10.9. The molecular formula is C14H13ClO2. The van der Waals surface area contributed by atoms with E-state index in [0.29, 0.717) is 0 Å². The molecule has 0 saturated carbocycles. The Morgan fingerprint density at radius 1 is 1.35 bits per heavy atom. The Hall–Kier alpha value is -1.54. The molecule has 1 aromatic rings. The third-order valence-electron chi connectivity index (χ3n) is 2.65. The smallest absolute Gasteiger partial charge is 0.331 e. The van der Waals surface area contributed by atoms with Gasteiger partial charge in [-0.25, -0.2) is 4.79 Å². The Kier molecular flexibility index (Phi) is 3.64. The molecule has 0 radical (unpaired) electrons. The molecule has 0 bridgehead atoms. The lowest BCUT2D eigenvalue weighted by Gasteiger charge is -2.12. The van der Waals surface area contributed by atoms with Crippen molar-refractivity contribution >= 4 is 23.6 Å². The van der Waals surface area contributed by atoms with Gasteiger partial charge in [-0.05, 0) is 23.8 Å². The number of halogens is 1. The first-order valence-electron chi connectivity index (χ1n) is 5.48. The minimum atomic E-state index is -0.262. The van der Waals surface area contributed by atoms with Crippen LogP contribution in [0.15, 0.2) is 42.5 Å². The first kappa shape index (κ1) is 11.9. The highest BCUT2D eigenvalue weighted by molar-refractivity contribution is 6.30. The molecule has 0 aliphatic carbocycles. The molecule has 0 amide bonds. The average Bonchev–Trinajstić information content (AvgIpc) is 2.75. The highest BCUT2D eigenvalue weighted by Gasteiger charge is 2.20. The SMILES string of the molecule is C[C@H](/C=C/c1ccc(Cl)cc1)[C@H]1C=CC(=O)O1. The molecule has 0 fully saturated rings. The molecule has 88 valence electrons. The van der Waals surface area contributed by atoms with Gasteiger partial charge >= 0.3 is 5.97 Å². The van der Waals surface area contributed by atoms with Crippen molar-refractivity contribution in [1.29, 1.82) is 0 Å². The zero-order valence-electron chi connectivity index (χ0n) is 9.47. The van der Waals surface area contributed by atoms with Gasteiger partial charge in [-0.3, -0.25) is 0 Å². The molecule has 0 unspecified atom stereocenters. The van der Waals surface area contributed by atoms with Crippen LogP contribution in [0.4, 0.5) is 0 Å². The van der Waals surface area contributed by atoms with E-state index in [1.54, 1.807) is 6.08 Å². The molecule has 1 heterocycles. The predicted octanol–water partition coefficient (Wildman–Crippen LogP) is 3.47. The number of hydrogen-bond donors (Lipinski definition) is 0. The molecule has 1 aliphatic heterocycles. The predicted molar refractivity (Wildman–Crippen MR) is 68.7 cm³/mol. The first-order chi connectivity index (χ1) is 8.15. The van der Waals surface area contributed by atoms with Crippen molar-refractivity contribution in [3.63, 3.8) is 0 Å². The van der Waals surface area contributed by atoms with E-state index in [2.05, 4.69) is 0 Å². The molecular weight excluding hydrogens is 236 g/mol. The van der Waals surface area contributed by atoms with Crippen LogP contribution in [-0.2, 0) is 9.53 Å². The first-order valence-corrected chi connectivity index (χ1v) is 5.85. The zero-order valence-corrected chi connectivity index (χ0v) is 10.2. The van der Waals surface area contributed by atoms with Gasteiger partial charge in [0, 0.05) is 17.0 Å². The van der Waals surface area contributed by atoms with E-state index in [1.807, 2.05) is 43.3 Å². The number of benzene rings is 1. The fourth-order valence-electron chi connectivity index (χ4n) is 1.61. The van der Waals surface area contributed by atoms with Crippen molar-refractivity contribution in [3.8, 4) is 0 Å². The average molecular weight is 249 g/mol. The summed E-state index contributed by atoms with van der Waals surface area (Å²) in [6.07, 6.45) is 7.14. The quantitative estimate of drug-likeness (QED) is 0.766. The van der Waals surface area contributed by atoms with E-state index in [4.69, 9.17) is 16.3 Å². The van der Waals surface area contributed by atoms with Crippen molar-refractivity contribution < 1.29 is 9.53 Å². The van der Waals surface area contributed by atoms with Gasteiger partial charge in [0.2, 0.25) is 0 Å². The standard InChI is InChI=1S/C14H13ClO2/c1-10(13-8-9-14(16)17-13)2-3-11-4-6-12(15)7-5-11/h2-10,13H,1H3/b3-2+/t10-,13-/m1/s1. The monoisotopic (exact) mass is 248 g/mol. The fourth-order valence-corrected chi connectivity index (χ4v) is 1.74. The van der Waals surface area contributed by atoms with Gasteiger partial charge in [0.15, 0.2) is 0 Å². The van der Waals surface area contributed by atoms with Crippen molar-refractivity contribution in [1.82, 2.24) is 0 Å². The Balaban J connectivity index is 1.98. The number of ether oxygens (including phenoxy) is 1. The van der Waals surface area contributed by atoms with Crippen LogP contribution in [0, 0.1) is 5.92 Å². The summed E-state index contributed by atoms with van der Waals surface area (Å²) in [6, 6.07) is 7.59. The van der Waals surface area contributed by atoms with Gasteiger partial charge in [0.1, 0.15) is 6.10 Å². The summed E-state index contributed by atoms with van der Waals surface area (Å²) in [5, 5.41) is 0.725. The lowest BCUT2D eigenvalue weighted by atomic mass is 10.0. The van der Waals surface area contributed by atoms with Crippen LogP contribution in [0.2, 0.25) is 5.02 Å². The lowest BCUT2D eigenvalue weighted by Crippen LogP contribution is -2.15. The molecule has 17 heavy (non-hydrogen) atoms. The van der Waals surface area contributed by atoms with Crippen molar-refractivity contribution in [2.24, 2.45) is 5.92 Å². The summed E-state index contributed by atoms with van der Waals surface area (Å²) < 4.78 is 5.11. The van der Waals surface area contributed by atoms with E-state index < -0.39 is 0 Å². The van der Waals surface area contributed by atoms with Crippen LogP contribution in [-0.4, -0.2) is 12.1 Å². The van der Waals surface area contributed by atoms with E-state index >= 15 is 0 Å². The summed E-state index contributed by atoms with van der Waals surface area (Å²) >= 11 is 5.80. The highest BCUT2D eigenvalue weighted by Crippen LogP contribution is 2.18. The van der Waals surface area contributed by atoms with Gasteiger partial charge in [-0.1, -0.05) is 42.8 Å². The minimum absolute atomic E-state index is 0.147. The molecule has 0 aromatic heterocycles. The molecule has 0 N–H and O–H groups in total.